The Labute approximate surface area is 184 Å². The molecule has 1 saturated heterocycles. The molecule has 0 aromatic rings. The number of methoxy groups -OCH3 is 1. The highest BCUT2D eigenvalue weighted by Gasteiger charge is 2.42. The van der Waals surface area contributed by atoms with E-state index in [1.54, 1.807) is 48.5 Å². The molecule has 1 heterocycles. The first-order valence-corrected chi connectivity index (χ1v) is 10.5. The summed E-state index contributed by atoms with van der Waals surface area (Å²) in [5.74, 6) is -2.19. The van der Waals surface area contributed by atoms with Crippen molar-refractivity contribution in [2.45, 2.75) is 84.7 Å². The first kappa shape index (κ1) is 26.7. The Morgan fingerprint density at radius 1 is 1.00 bits per heavy atom. The van der Waals surface area contributed by atoms with E-state index in [4.69, 9.17) is 9.47 Å². The number of nitrogens with one attached hydrogen (secondary N) is 2. The first-order chi connectivity index (χ1) is 14.2. The van der Waals surface area contributed by atoms with Crippen LogP contribution in [0.2, 0.25) is 0 Å². The fourth-order valence-electron chi connectivity index (χ4n) is 3.24. The van der Waals surface area contributed by atoms with Gasteiger partial charge >= 0.3 is 12.1 Å². The maximum Gasteiger partial charge on any atom is 0.411 e. The van der Waals surface area contributed by atoms with E-state index < -0.39 is 53.7 Å². The fraction of sp³-hybridized carbons (Fsp3) is 0.810. The standard InChI is InChI=1S/C21H37N3O7/c1-11(2)15(18(27)23-16(12(3)4)19(28)30-8)22-17(26)14-9-13(25)10-24(14)20(29)31-21(5,6)7/h11-16,25H,9-10H2,1-8H3,(H,22,26)(H,23,27)/t13?,14-,15-,16-/m0/s1. The zero-order chi connectivity index (χ0) is 24.1. The number of carbonyl (C=O) groups is 4. The molecule has 3 amide bonds. The molecule has 0 spiro atoms. The number of likely N-dealkylation sites (tertiary alicyclic amines) is 1. The second kappa shape index (κ2) is 10.8. The highest BCUT2D eigenvalue weighted by Crippen LogP contribution is 2.22. The number of β-amino-alcohol motifs (C(OH)–C–C–N with tert-alkyl or cyclic N) is 1. The van der Waals surface area contributed by atoms with Gasteiger partial charge in [-0.1, -0.05) is 27.7 Å². The van der Waals surface area contributed by atoms with Gasteiger partial charge in [-0.15, -0.1) is 0 Å². The van der Waals surface area contributed by atoms with Gasteiger partial charge in [-0.3, -0.25) is 14.5 Å². The Morgan fingerprint density at radius 2 is 1.55 bits per heavy atom. The predicted molar refractivity (Wildman–Crippen MR) is 113 cm³/mol. The van der Waals surface area contributed by atoms with Crippen LogP contribution in [-0.2, 0) is 23.9 Å². The summed E-state index contributed by atoms with van der Waals surface area (Å²) in [6.45, 7) is 12.1. The Hall–Kier alpha value is -2.36. The van der Waals surface area contributed by atoms with Crippen LogP contribution >= 0.6 is 0 Å². The number of hydrogen-bond acceptors (Lipinski definition) is 7. The minimum atomic E-state index is -0.972. The van der Waals surface area contributed by atoms with Crippen LogP contribution in [0, 0.1) is 11.8 Å². The third-order valence-corrected chi connectivity index (χ3v) is 4.88. The lowest BCUT2D eigenvalue weighted by molar-refractivity contribution is -0.147. The van der Waals surface area contributed by atoms with Crippen molar-refractivity contribution >= 4 is 23.9 Å². The molecule has 0 aromatic heterocycles. The van der Waals surface area contributed by atoms with Gasteiger partial charge in [0, 0.05) is 6.42 Å². The normalized spacial score (nSPS) is 20.9. The van der Waals surface area contributed by atoms with Crippen LogP contribution in [-0.4, -0.2) is 77.4 Å². The molecule has 1 fully saturated rings. The van der Waals surface area contributed by atoms with E-state index in [0.29, 0.717) is 0 Å². The van der Waals surface area contributed by atoms with E-state index in [-0.39, 0.29) is 24.8 Å². The van der Waals surface area contributed by atoms with E-state index in [1.165, 1.54) is 12.0 Å². The van der Waals surface area contributed by atoms with Crippen LogP contribution in [0.4, 0.5) is 4.79 Å². The van der Waals surface area contributed by atoms with Crippen LogP contribution in [0.1, 0.15) is 54.9 Å². The number of carbonyl (C=O) groups excluding carboxylic acids is 4. The molecule has 4 atom stereocenters. The van der Waals surface area contributed by atoms with E-state index in [1.807, 2.05) is 0 Å². The third kappa shape index (κ3) is 7.68. The molecule has 0 aliphatic carbocycles. The number of aliphatic hydroxyl groups excluding tert-OH is 1. The van der Waals surface area contributed by atoms with Crippen LogP contribution < -0.4 is 10.6 Å². The number of ether oxygens (including phenoxy) is 2. The topological polar surface area (TPSA) is 134 Å². The monoisotopic (exact) mass is 443 g/mol. The molecule has 0 bridgehead atoms. The number of aliphatic hydroxyl groups is 1. The molecule has 0 radical (unpaired) electrons. The highest BCUT2D eigenvalue weighted by molar-refractivity contribution is 5.93. The van der Waals surface area contributed by atoms with E-state index in [2.05, 4.69) is 10.6 Å². The number of amides is 3. The summed E-state index contributed by atoms with van der Waals surface area (Å²) < 4.78 is 10.1. The molecule has 10 nitrogen and oxygen atoms in total. The third-order valence-electron chi connectivity index (χ3n) is 4.88. The number of esters is 1. The Bertz CT molecular complexity index is 672. The summed E-state index contributed by atoms with van der Waals surface area (Å²) in [6.07, 6.45) is -1.55. The minimum absolute atomic E-state index is 0.0360. The van der Waals surface area contributed by atoms with Crippen LogP contribution in [0.5, 0.6) is 0 Å². The molecule has 0 saturated carbocycles. The summed E-state index contributed by atoms with van der Waals surface area (Å²) >= 11 is 0. The molecular formula is C21H37N3O7. The molecule has 31 heavy (non-hydrogen) atoms. The molecule has 1 rings (SSSR count). The Kier molecular flexibility index (Phi) is 9.28. The molecule has 3 N–H and O–H groups in total. The van der Waals surface area contributed by atoms with Gasteiger partial charge in [0.25, 0.3) is 0 Å². The molecule has 10 heteroatoms. The Morgan fingerprint density at radius 3 is 2.00 bits per heavy atom. The zero-order valence-corrected chi connectivity index (χ0v) is 19.7. The second-order valence-electron chi connectivity index (χ2n) is 9.52. The van der Waals surface area contributed by atoms with Crippen molar-refractivity contribution in [3.05, 3.63) is 0 Å². The molecule has 1 unspecified atom stereocenters. The van der Waals surface area contributed by atoms with Crippen LogP contribution in [0.15, 0.2) is 0 Å². The average molecular weight is 444 g/mol. The van der Waals surface area contributed by atoms with Crippen molar-refractivity contribution in [2.75, 3.05) is 13.7 Å². The first-order valence-electron chi connectivity index (χ1n) is 10.5. The molecule has 0 aromatic carbocycles. The van der Waals surface area contributed by atoms with Crippen molar-refractivity contribution in [3.8, 4) is 0 Å². The van der Waals surface area contributed by atoms with Gasteiger partial charge in [0.05, 0.1) is 19.8 Å². The van der Waals surface area contributed by atoms with E-state index in [0.717, 1.165) is 0 Å². The van der Waals surface area contributed by atoms with Gasteiger partial charge in [0.2, 0.25) is 11.8 Å². The van der Waals surface area contributed by atoms with Gasteiger partial charge < -0.3 is 25.2 Å². The van der Waals surface area contributed by atoms with Crippen molar-refractivity contribution in [2.24, 2.45) is 11.8 Å². The maximum atomic E-state index is 13.0. The number of rotatable bonds is 7. The average Bonchev–Trinajstić information content (AvgIpc) is 3.03. The SMILES string of the molecule is COC(=O)[C@@H](NC(=O)[C@@H](NC(=O)[C@@H]1CC(O)CN1C(=O)OC(C)(C)C)C(C)C)C(C)C. The predicted octanol–water partition coefficient (Wildman–Crippen LogP) is 0.811. The van der Waals surface area contributed by atoms with Crippen molar-refractivity contribution in [1.29, 1.82) is 0 Å². The smallest absolute Gasteiger partial charge is 0.411 e. The van der Waals surface area contributed by atoms with E-state index in [9.17, 15) is 24.3 Å². The largest absolute Gasteiger partial charge is 0.467 e. The number of nitrogens with zero attached hydrogens (tertiary/aromatic N) is 1. The van der Waals surface area contributed by atoms with Gasteiger partial charge in [-0.2, -0.15) is 0 Å². The Balaban J connectivity index is 2.96. The molecule has 1 aliphatic heterocycles. The van der Waals surface area contributed by atoms with Gasteiger partial charge in [0.1, 0.15) is 23.7 Å². The lowest BCUT2D eigenvalue weighted by Crippen LogP contribution is -2.58. The summed E-state index contributed by atoms with van der Waals surface area (Å²) in [5.41, 5.74) is -0.758. The van der Waals surface area contributed by atoms with E-state index >= 15 is 0 Å². The lowest BCUT2D eigenvalue weighted by Gasteiger charge is -2.30. The van der Waals surface area contributed by atoms with Crippen molar-refractivity contribution < 1.29 is 33.8 Å². The highest BCUT2D eigenvalue weighted by atomic mass is 16.6. The summed E-state index contributed by atoms with van der Waals surface area (Å²) in [7, 11) is 1.24. The maximum absolute atomic E-state index is 13.0. The van der Waals surface area contributed by atoms with Gasteiger partial charge in [0.15, 0.2) is 0 Å². The minimum Gasteiger partial charge on any atom is -0.467 e. The van der Waals surface area contributed by atoms with Gasteiger partial charge in [-0.05, 0) is 32.6 Å². The quantitative estimate of drug-likeness (QED) is 0.496. The van der Waals surface area contributed by atoms with Crippen LogP contribution in [0.25, 0.3) is 0 Å². The summed E-state index contributed by atoms with van der Waals surface area (Å²) in [5, 5.41) is 15.3. The second-order valence-corrected chi connectivity index (χ2v) is 9.52. The zero-order valence-electron chi connectivity index (χ0n) is 19.7. The molecular weight excluding hydrogens is 406 g/mol. The van der Waals surface area contributed by atoms with Crippen LogP contribution in [0.3, 0.4) is 0 Å². The molecule has 178 valence electrons. The molecule has 1 aliphatic rings. The number of hydrogen-bond donors (Lipinski definition) is 3. The van der Waals surface area contributed by atoms with Gasteiger partial charge in [-0.25, -0.2) is 9.59 Å². The summed E-state index contributed by atoms with van der Waals surface area (Å²) in [4.78, 5) is 51.4. The lowest BCUT2D eigenvalue weighted by atomic mass is 9.99. The van der Waals surface area contributed by atoms with Crippen molar-refractivity contribution in [1.82, 2.24) is 15.5 Å². The summed E-state index contributed by atoms with van der Waals surface area (Å²) in [6, 6.07) is -2.78. The fourth-order valence-corrected chi connectivity index (χ4v) is 3.24. The van der Waals surface area contributed by atoms with Crippen molar-refractivity contribution in [3.63, 3.8) is 0 Å².